The fourth-order valence-electron chi connectivity index (χ4n) is 5.66. The number of likely N-dealkylation sites (tertiary alicyclic amines) is 1. The molecule has 6 rings (SSSR count). The number of rotatable bonds is 8. The first-order chi connectivity index (χ1) is 18.7. The molecule has 2 heterocycles. The van der Waals surface area contributed by atoms with E-state index in [1.54, 1.807) is 7.11 Å². The Morgan fingerprint density at radius 3 is 2.39 bits per heavy atom. The number of hydrogen-bond acceptors (Lipinski definition) is 5. The predicted molar refractivity (Wildman–Crippen MR) is 153 cm³/mol. The van der Waals surface area contributed by atoms with Crippen LogP contribution in [-0.2, 0) is 24.4 Å². The predicted octanol–water partition coefficient (Wildman–Crippen LogP) is 6.25. The van der Waals surface area contributed by atoms with E-state index in [9.17, 15) is 0 Å². The van der Waals surface area contributed by atoms with Gasteiger partial charge in [0.15, 0.2) is 0 Å². The largest absolute Gasteiger partial charge is 0.497 e. The first-order valence-electron chi connectivity index (χ1n) is 13.6. The van der Waals surface area contributed by atoms with E-state index in [0.717, 1.165) is 50.5 Å². The van der Waals surface area contributed by atoms with E-state index < -0.39 is 0 Å². The highest BCUT2D eigenvalue weighted by Gasteiger charge is 2.28. The van der Waals surface area contributed by atoms with E-state index in [1.165, 1.54) is 33.0 Å². The van der Waals surface area contributed by atoms with Crippen molar-refractivity contribution in [3.63, 3.8) is 0 Å². The maximum absolute atomic E-state index is 6.13. The molecule has 0 aliphatic carbocycles. The van der Waals surface area contributed by atoms with E-state index in [1.807, 2.05) is 24.3 Å². The summed E-state index contributed by atoms with van der Waals surface area (Å²) in [5.74, 6) is 0.889. The number of piperidine rings is 1. The fourth-order valence-corrected chi connectivity index (χ4v) is 5.66. The Labute approximate surface area is 225 Å². The Kier molecular flexibility index (Phi) is 7.38. The molecule has 194 valence electrons. The lowest BCUT2D eigenvalue weighted by molar-refractivity contribution is 0.0973. The van der Waals surface area contributed by atoms with Crippen molar-refractivity contribution in [1.29, 1.82) is 0 Å². The van der Waals surface area contributed by atoms with Crippen molar-refractivity contribution in [2.24, 2.45) is 5.10 Å². The molecular formula is C33H35N3O2. The molecule has 4 aromatic carbocycles. The molecule has 0 radical (unpaired) electrons. The average Bonchev–Trinajstić information content (AvgIpc) is 2.97. The molecule has 0 bridgehead atoms. The van der Waals surface area contributed by atoms with Gasteiger partial charge in [-0.05, 0) is 64.6 Å². The monoisotopic (exact) mass is 505 g/mol. The third-order valence-electron chi connectivity index (χ3n) is 7.75. The van der Waals surface area contributed by atoms with Gasteiger partial charge in [0.1, 0.15) is 5.75 Å². The van der Waals surface area contributed by atoms with Crippen LogP contribution in [0, 0.1) is 0 Å². The second-order valence-corrected chi connectivity index (χ2v) is 10.3. The van der Waals surface area contributed by atoms with Crippen LogP contribution < -0.4 is 4.74 Å². The van der Waals surface area contributed by atoms with E-state index in [0.29, 0.717) is 19.3 Å². The van der Waals surface area contributed by atoms with Gasteiger partial charge in [0, 0.05) is 31.2 Å². The minimum absolute atomic E-state index is 0.423. The third kappa shape index (κ3) is 5.59. The molecule has 0 atom stereocenters. The summed E-state index contributed by atoms with van der Waals surface area (Å²) < 4.78 is 11.7. The van der Waals surface area contributed by atoms with E-state index >= 15 is 0 Å². The number of hydrogen-bond donors (Lipinski definition) is 0. The van der Waals surface area contributed by atoms with Gasteiger partial charge >= 0.3 is 0 Å². The van der Waals surface area contributed by atoms with Crippen molar-refractivity contribution >= 4 is 16.5 Å². The summed E-state index contributed by atoms with van der Waals surface area (Å²) in [5.41, 5.74) is 6.00. The molecular weight excluding hydrogens is 470 g/mol. The number of ether oxygens (including phenoxy) is 2. The van der Waals surface area contributed by atoms with E-state index in [4.69, 9.17) is 14.6 Å². The number of methoxy groups -OCH3 is 1. The summed E-state index contributed by atoms with van der Waals surface area (Å²) in [4.78, 5) is 2.58. The van der Waals surface area contributed by atoms with Gasteiger partial charge in [0.25, 0.3) is 0 Å². The molecule has 0 aromatic heterocycles. The molecule has 0 spiro atoms. The van der Waals surface area contributed by atoms with Gasteiger partial charge in [0.05, 0.1) is 32.6 Å². The molecule has 2 aliphatic rings. The topological polar surface area (TPSA) is 37.3 Å². The van der Waals surface area contributed by atoms with E-state index in [-0.39, 0.29) is 0 Å². The number of benzene rings is 4. The molecule has 1 saturated heterocycles. The lowest BCUT2D eigenvalue weighted by atomic mass is 9.98. The molecule has 4 aromatic rings. The Hall–Kier alpha value is -3.67. The maximum Gasteiger partial charge on any atom is 0.119 e. The lowest BCUT2D eigenvalue weighted by Crippen LogP contribution is -2.44. The van der Waals surface area contributed by atoms with Crippen molar-refractivity contribution in [2.45, 2.75) is 38.6 Å². The van der Waals surface area contributed by atoms with Crippen molar-refractivity contribution in [1.82, 2.24) is 9.91 Å². The van der Waals surface area contributed by atoms with Crippen LogP contribution in [0.4, 0.5) is 0 Å². The molecule has 0 saturated carbocycles. The summed E-state index contributed by atoms with van der Waals surface area (Å²) in [6.45, 7) is 5.04. The third-order valence-corrected chi connectivity index (χ3v) is 7.75. The molecule has 5 heteroatoms. The van der Waals surface area contributed by atoms with Gasteiger partial charge in [-0.25, -0.2) is 0 Å². The number of hydrazone groups is 1. The smallest absolute Gasteiger partial charge is 0.119 e. The number of fused-ring (bicyclic) bond motifs is 2. The SMILES string of the molecule is COc1ccc2c(c1)CN(C1CCN(Cc3ccc4ccccc4c3)CC1)N=C2COCc1ccccc1. The zero-order valence-electron chi connectivity index (χ0n) is 22.1. The maximum atomic E-state index is 6.13. The van der Waals surface area contributed by atoms with Gasteiger partial charge < -0.3 is 9.47 Å². The van der Waals surface area contributed by atoms with E-state index in [2.05, 4.69) is 76.6 Å². The zero-order valence-corrected chi connectivity index (χ0v) is 22.1. The molecule has 0 amide bonds. The van der Waals surface area contributed by atoms with Crippen LogP contribution in [0.1, 0.15) is 35.1 Å². The lowest BCUT2D eigenvalue weighted by Gasteiger charge is -2.39. The van der Waals surface area contributed by atoms with Crippen LogP contribution in [0.5, 0.6) is 5.75 Å². The molecule has 0 unspecified atom stereocenters. The normalized spacial score (nSPS) is 16.3. The average molecular weight is 506 g/mol. The first-order valence-corrected chi connectivity index (χ1v) is 13.6. The minimum Gasteiger partial charge on any atom is -0.497 e. The van der Waals surface area contributed by atoms with Gasteiger partial charge in [-0.1, -0.05) is 66.7 Å². The van der Waals surface area contributed by atoms with Crippen LogP contribution in [0.3, 0.4) is 0 Å². The number of nitrogens with zero attached hydrogens (tertiary/aromatic N) is 3. The van der Waals surface area contributed by atoms with Crippen LogP contribution in [0.25, 0.3) is 10.8 Å². The summed E-state index contributed by atoms with van der Waals surface area (Å²) in [5, 5.41) is 10.1. The second kappa shape index (κ2) is 11.4. The first kappa shape index (κ1) is 24.7. The Bertz CT molecular complexity index is 1410. The molecule has 5 nitrogen and oxygen atoms in total. The molecule has 2 aliphatic heterocycles. The fraction of sp³-hybridized carbons (Fsp3) is 0.303. The Balaban J connectivity index is 1.12. The summed E-state index contributed by atoms with van der Waals surface area (Å²) in [6, 6.07) is 32.5. The van der Waals surface area contributed by atoms with Gasteiger partial charge in [-0.3, -0.25) is 9.91 Å². The van der Waals surface area contributed by atoms with Crippen LogP contribution >= 0.6 is 0 Å². The van der Waals surface area contributed by atoms with Crippen molar-refractivity contribution < 1.29 is 9.47 Å². The molecule has 38 heavy (non-hydrogen) atoms. The Morgan fingerprint density at radius 1 is 0.789 bits per heavy atom. The van der Waals surface area contributed by atoms with Crippen molar-refractivity contribution in [3.05, 3.63) is 113 Å². The van der Waals surface area contributed by atoms with Crippen LogP contribution in [0.15, 0.2) is 96.1 Å². The van der Waals surface area contributed by atoms with Crippen LogP contribution in [-0.4, -0.2) is 48.5 Å². The van der Waals surface area contributed by atoms with Crippen molar-refractivity contribution in [2.75, 3.05) is 26.8 Å². The Morgan fingerprint density at radius 2 is 1.58 bits per heavy atom. The van der Waals surface area contributed by atoms with Gasteiger partial charge in [-0.2, -0.15) is 5.10 Å². The molecule has 0 N–H and O–H groups in total. The summed E-state index contributed by atoms with van der Waals surface area (Å²) >= 11 is 0. The highest BCUT2D eigenvalue weighted by atomic mass is 16.5. The zero-order chi connectivity index (χ0) is 25.7. The standard InChI is InChI=1S/C33H35N3O2/c1-37-31-13-14-32-29(20-31)22-36(34-33(32)24-38-23-25-7-3-2-4-8-25)30-15-17-35(18-16-30)21-26-11-12-27-9-5-6-10-28(27)19-26/h2-14,19-20,30H,15-18,21-24H2,1H3. The van der Waals surface area contributed by atoms with Crippen molar-refractivity contribution in [3.8, 4) is 5.75 Å². The van der Waals surface area contributed by atoms with Crippen LogP contribution in [0.2, 0.25) is 0 Å². The highest BCUT2D eigenvalue weighted by Crippen LogP contribution is 2.29. The minimum atomic E-state index is 0.423. The quantitative estimate of drug-likeness (QED) is 0.284. The summed E-state index contributed by atoms with van der Waals surface area (Å²) in [6.07, 6.45) is 2.21. The summed E-state index contributed by atoms with van der Waals surface area (Å²) in [7, 11) is 1.73. The van der Waals surface area contributed by atoms with Gasteiger partial charge in [-0.15, -0.1) is 0 Å². The second-order valence-electron chi connectivity index (χ2n) is 10.3. The molecule has 1 fully saturated rings. The highest BCUT2D eigenvalue weighted by molar-refractivity contribution is 6.03. The van der Waals surface area contributed by atoms with Gasteiger partial charge in [0.2, 0.25) is 0 Å².